The van der Waals surface area contributed by atoms with Crippen LogP contribution in [0.2, 0.25) is 0 Å². The van der Waals surface area contributed by atoms with E-state index in [1.54, 1.807) is 36.4 Å². The molecule has 2 amide bonds. The monoisotopic (exact) mass is 337 g/mol. The van der Waals surface area contributed by atoms with Crippen LogP contribution >= 0.6 is 0 Å². The van der Waals surface area contributed by atoms with Gasteiger partial charge in [0.05, 0.1) is 11.3 Å². The molecule has 2 aromatic rings. The number of hydrogen-bond acceptors (Lipinski definition) is 3. The molecule has 1 saturated heterocycles. The summed E-state index contributed by atoms with van der Waals surface area (Å²) < 4.78 is 0. The van der Waals surface area contributed by atoms with Gasteiger partial charge in [0.1, 0.15) is 0 Å². The largest absolute Gasteiger partial charge is 0.399 e. The molecule has 0 saturated carbocycles. The van der Waals surface area contributed by atoms with Crippen LogP contribution in [-0.2, 0) is 0 Å². The van der Waals surface area contributed by atoms with Crippen LogP contribution in [0.25, 0.3) is 0 Å². The lowest BCUT2D eigenvalue weighted by Gasteiger charge is -2.30. The first kappa shape index (κ1) is 17.0. The summed E-state index contributed by atoms with van der Waals surface area (Å²) >= 11 is 0. The maximum Gasteiger partial charge on any atom is 0.255 e. The van der Waals surface area contributed by atoms with Gasteiger partial charge in [0, 0.05) is 24.3 Å². The lowest BCUT2D eigenvalue weighted by molar-refractivity contribution is 0.0698. The highest BCUT2D eigenvalue weighted by atomic mass is 16.2. The van der Waals surface area contributed by atoms with E-state index in [1.807, 2.05) is 17.0 Å². The number of nitrogens with two attached hydrogens (primary N) is 1. The number of carbonyl (C=O) groups excluding carboxylic acids is 2. The van der Waals surface area contributed by atoms with Crippen molar-refractivity contribution in [3.05, 3.63) is 59.7 Å². The van der Waals surface area contributed by atoms with Gasteiger partial charge in [0.15, 0.2) is 0 Å². The fourth-order valence-electron chi connectivity index (χ4n) is 3.04. The van der Waals surface area contributed by atoms with Crippen LogP contribution in [0.1, 0.15) is 40.5 Å². The number of carbonyl (C=O) groups is 2. The Labute approximate surface area is 147 Å². The second-order valence-corrected chi connectivity index (χ2v) is 6.60. The third-order valence-corrected chi connectivity index (χ3v) is 4.63. The molecule has 0 spiro atoms. The van der Waals surface area contributed by atoms with E-state index in [4.69, 9.17) is 5.73 Å². The number of anilines is 2. The van der Waals surface area contributed by atoms with Gasteiger partial charge in [-0.25, -0.2) is 0 Å². The Kier molecular flexibility index (Phi) is 5.03. The van der Waals surface area contributed by atoms with Gasteiger partial charge in [-0.1, -0.05) is 25.1 Å². The van der Waals surface area contributed by atoms with Crippen LogP contribution in [0.5, 0.6) is 0 Å². The number of nitrogen functional groups attached to an aromatic ring is 1. The number of nitrogens with one attached hydrogen (secondary N) is 1. The van der Waals surface area contributed by atoms with Gasteiger partial charge in [-0.3, -0.25) is 9.59 Å². The first-order valence-electron chi connectivity index (χ1n) is 8.60. The zero-order chi connectivity index (χ0) is 17.8. The molecule has 1 aliphatic rings. The van der Waals surface area contributed by atoms with Crippen molar-refractivity contribution in [3.8, 4) is 0 Å². The molecule has 1 heterocycles. The third-order valence-electron chi connectivity index (χ3n) is 4.63. The normalized spacial score (nSPS) is 15.0. The lowest BCUT2D eigenvalue weighted by atomic mass is 9.98. The molecule has 3 N–H and O–H groups in total. The summed E-state index contributed by atoms with van der Waals surface area (Å²) in [6.45, 7) is 3.73. The standard InChI is InChI=1S/C20H23N3O2/c1-14-9-11-23(12-10-14)20(25)17-7-2-3-8-18(17)22-19(24)15-5-4-6-16(21)13-15/h2-8,13-14H,9-12,21H2,1H3,(H,22,24). The van der Waals surface area contributed by atoms with Crippen molar-refractivity contribution in [1.29, 1.82) is 0 Å². The Morgan fingerprint density at radius 1 is 1.08 bits per heavy atom. The van der Waals surface area contributed by atoms with E-state index in [-0.39, 0.29) is 11.8 Å². The van der Waals surface area contributed by atoms with E-state index in [2.05, 4.69) is 12.2 Å². The van der Waals surface area contributed by atoms with Gasteiger partial charge in [0.2, 0.25) is 0 Å². The van der Waals surface area contributed by atoms with Gasteiger partial charge in [0.25, 0.3) is 11.8 Å². The van der Waals surface area contributed by atoms with E-state index in [1.165, 1.54) is 0 Å². The summed E-state index contributed by atoms with van der Waals surface area (Å²) in [6.07, 6.45) is 2.03. The Morgan fingerprint density at radius 2 is 1.80 bits per heavy atom. The molecule has 0 unspecified atom stereocenters. The second-order valence-electron chi connectivity index (χ2n) is 6.60. The van der Waals surface area contributed by atoms with E-state index >= 15 is 0 Å². The molecule has 5 nitrogen and oxygen atoms in total. The molecule has 1 aliphatic heterocycles. The average Bonchev–Trinajstić information content (AvgIpc) is 2.62. The Bertz CT molecular complexity index is 780. The minimum atomic E-state index is -0.278. The van der Waals surface area contributed by atoms with E-state index in [9.17, 15) is 9.59 Å². The van der Waals surface area contributed by atoms with Crippen molar-refractivity contribution >= 4 is 23.2 Å². The number of amides is 2. The fraction of sp³-hybridized carbons (Fsp3) is 0.300. The zero-order valence-electron chi connectivity index (χ0n) is 14.4. The molecule has 25 heavy (non-hydrogen) atoms. The van der Waals surface area contributed by atoms with E-state index < -0.39 is 0 Å². The predicted octanol–water partition coefficient (Wildman–Crippen LogP) is 3.39. The first-order chi connectivity index (χ1) is 12.0. The maximum absolute atomic E-state index is 12.9. The van der Waals surface area contributed by atoms with Crippen molar-refractivity contribution in [2.24, 2.45) is 5.92 Å². The molecule has 1 fully saturated rings. The zero-order valence-corrected chi connectivity index (χ0v) is 14.4. The van der Waals surface area contributed by atoms with Crippen LogP contribution in [0.15, 0.2) is 48.5 Å². The van der Waals surface area contributed by atoms with E-state index in [0.29, 0.717) is 28.4 Å². The van der Waals surface area contributed by atoms with Gasteiger partial charge in [-0.05, 0) is 49.1 Å². The number of piperidine rings is 1. The highest BCUT2D eigenvalue weighted by molar-refractivity contribution is 6.09. The van der Waals surface area contributed by atoms with Crippen molar-refractivity contribution < 1.29 is 9.59 Å². The summed E-state index contributed by atoms with van der Waals surface area (Å²) in [5.74, 6) is 0.345. The third kappa shape index (κ3) is 3.99. The maximum atomic E-state index is 12.9. The summed E-state index contributed by atoms with van der Waals surface area (Å²) in [7, 11) is 0. The summed E-state index contributed by atoms with van der Waals surface area (Å²) in [5, 5.41) is 2.84. The molecule has 2 aromatic carbocycles. The van der Waals surface area contributed by atoms with Gasteiger partial charge >= 0.3 is 0 Å². The Hall–Kier alpha value is -2.82. The first-order valence-corrected chi connectivity index (χ1v) is 8.60. The van der Waals surface area contributed by atoms with Crippen molar-refractivity contribution in [2.45, 2.75) is 19.8 Å². The topological polar surface area (TPSA) is 75.4 Å². The number of rotatable bonds is 3. The Morgan fingerprint density at radius 3 is 2.52 bits per heavy atom. The van der Waals surface area contributed by atoms with Crippen molar-refractivity contribution in [1.82, 2.24) is 4.90 Å². The van der Waals surface area contributed by atoms with E-state index in [0.717, 1.165) is 25.9 Å². The molecule has 3 rings (SSSR count). The number of nitrogens with zero attached hydrogens (tertiary/aromatic N) is 1. The SMILES string of the molecule is CC1CCN(C(=O)c2ccccc2NC(=O)c2cccc(N)c2)CC1. The van der Waals surface area contributed by atoms with Crippen LogP contribution in [0.4, 0.5) is 11.4 Å². The van der Waals surface area contributed by atoms with Crippen LogP contribution in [-0.4, -0.2) is 29.8 Å². The predicted molar refractivity (Wildman–Crippen MR) is 99.6 cm³/mol. The quantitative estimate of drug-likeness (QED) is 0.843. The Balaban J connectivity index is 1.79. The summed E-state index contributed by atoms with van der Waals surface area (Å²) in [5.41, 5.74) is 7.78. The van der Waals surface area contributed by atoms with Gasteiger partial charge in [-0.2, -0.15) is 0 Å². The smallest absolute Gasteiger partial charge is 0.255 e. The second kappa shape index (κ2) is 7.38. The van der Waals surface area contributed by atoms with Crippen LogP contribution in [0, 0.1) is 5.92 Å². The van der Waals surface area contributed by atoms with Gasteiger partial charge < -0.3 is 16.0 Å². The molecule has 0 bridgehead atoms. The molecule has 0 aromatic heterocycles. The van der Waals surface area contributed by atoms with Crippen molar-refractivity contribution in [2.75, 3.05) is 24.1 Å². The minimum Gasteiger partial charge on any atom is -0.399 e. The molecule has 0 atom stereocenters. The van der Waals surface area contributed by atoms with Crippen LogP contribution in [0.3, 0.4) is 0 Å². The number of likely N-dealkylation sites (tertiary alicyclic amines) is 1. The molecule has 130 valence electrons. The lowest BCUT2D eigenvalue weighted by Crippen LogP contribution is -2.38. The number of hydrogen-bond donors (Lipinski definition) is 2. The summed E-state index contributed by atoms with van der Waals surface area (Å²) in [4.78, 5) is 27.2. The number of para-hydroxylation sites is 1. The molecule has 0 aliphatic carbocycles. The summed E-state index contributed by atoms with van der Waals surface area (Å²) in [6, 6.07) is 13.9. The highest BCUT2D eigenvalue weighted by Crippen LogP contribution is 2.22. The molecule has 0 radical (unpaired) electrons. The number of benzene rings is 2. The minimum absolute atomic E-state index is 0.0321. The van der Waals surface area contributed by atoms with Crippen molar-refractivity contribution in [3.63, 3.8) is 0 Å². The average molecular weight is 337 g/mol. The molecule has 5 heteroatoms. The fourth-order valence-corrected chi connectivity index (χ4v) is 3.04. The van der Waals surface area contributed by atoms with Crippen LogP contribution < -0.4 is 11.1 Å². The molecular weight excluding hydrogens is 314 g/mol. The van der Waals surface area contributed by atoms with Gasteiger partial charge in [-0.15, -0.1) is 0 Å². The highest BCUT2D eigenvalue weighted by Gasteiger charge is 2.23. The molecular formula is C20H23N3O2.